The van der Waals surface area contributed by atoms with Crippen molar-refractivity contribution in [3.63, 3.8) is 0 Å². The van der Waals surface area contributed by atoms with Crippen LogP contribution in [-0.4, -0.2) is 43.2 Å². The molecular formula is C31H37Cl2FN2O6. The third kappa shape index (κ3) is 7.82. The van der Waals surface area contributed by atoms with Crippen LogP contribution in [-0.2, 0) is 25.5 Å². The summed E-state index contributed by atoms with van der Waals surface area (Å²) in [5, 5.41) is 0.102. The van der Waals surface area contributed by atoms with E-state index in [4.69, 9.17) is 37.4 Å². The van der Waals surface area contributed by atoms with E-state index in [0.717, 1.165) is 55.0 Å². The number of aryl methyl sites for hydroxylation is 2. The summed E-state index contributed by atoms with van der Waals surface area (Å²) < 4.78 is 30.4. The molecule has 2 fully saturated rings. The third-order valence-corrected chi connectivity index (χ3v) is 7.40. The van der Waals surface area contributed by atoms with Crippen molar-refractivity contribution in [3.05, 3.63) is 63.6 Å². The molecule has 0 unspecified atom stereocenters. The molecule has 1 heterocycles. The molecule has 0 atom stereocenters. The van der Waals surface area contributed by atoms with Crippen LogP contribution in [0.5, 0.6) is 5.75 Å². The fourth-order valence-corrected chi connectivity index (χ4v) is 5.10. The number of amides is 3. The average Bonchev–Trinajstić information content (AvgIpc) is 3.58. The number of anilines is 2. The van der Waals surface area contributed by atoms with Crippen molar-refractivity contribution in [2.24, 2.45) is 0 Å². The molecule has 1 saturated carbocycles. The van der Waals surface area contributed by atoms with E-state index in [1.165, 1.54) is 6.07 Å². The molecule has 42 heavy (non-hydrogen) atoms. The number of nitrogens with zero attached hydrogens (tertiary/aromatic N) is 2. The van der Waals surface area contributed by atoms with Crippen LogP contribution < -0.4 is 14.5 Å². The van der Waals surface area contributed by atoms with E-state index in [9.17, 15) is 18.8 Å². The zero-order valence-electron chi connectivity index (χ0n) is 24.6. The molecule has 228 valence electrons. The smallest absolute Gasteiger partial charge is 0.427 e. The lowest BCUT2D eigenvalue weighted by Crippen LogP contribution is -2.35. The Labute approximate surface area is 256 Å². The van der Waals surface area contributed by atoms with Gasteiger partial charge >= 0.3 is 12.0 Å². The number of imide groups is 1. The molecule has 4 rings (SSSR count). The maximum Gasteiger partial charge on any atom is 0.427 e. The van der Waals surface area contributed by atoms with E-state index in [1.54, 1.807) is 18.7 Å². The van der Waals surface area contributed by atoms with Crippen molar-refractivity contribution >= 4 is 52.5 Å². The molecule has 0 N–H and O–H groups in total. The number of ether oxygens (including phenoxy) is 3. The molecule has 1 aliphatic carbocycles. The van der Waals surface area contributed by atoms with E-state index in [1.807, 2.05) is 32.0 Å². The van der Waals surface area contributed by atoms with Gasteiger partial charge in [-0.15, -0.1) is 11.6 Å². The van der Waals surface area contributed by atoms with Crippen molar-refractivity contribution < 1.29 is 33.0 Å². The maximum absolute atomic E-state index is 14.3. The minimum absolute atomic E-state index is 0.00962. The average molecular weight is 624 g/mol. The molecule has 11 heteroatoms. The molecule has 0 radical (unpaired) electrons. The van der Waals surface area contributed by atoms with E-state index in [0.29, 0.717) is 17.1 Å². The van der Waals surface area contributed by atoms with Crippen molar-refractivity contribution in [1.82, 2.24) is 0 Å². The van der Waals surface area contributed by atoms with Crippen LogP contribution in [0.2, 0.25) is 5.02 Å². The number of hydrogen-bond donors (Lipinski definition) is 0. The molecule has 2 aliphatic rings. The molecule has 2 aromatic rings. The van der Waals surface area contributed by atoms with Gasteiger partial charge < -0.3 is 14.2 Å². The van der Waals surface area contributed by atoms with Crippen molar-refractivity contribution in [3.8, 4) is 5.75 Å². The number of halogens is 3. The maximum atomic E-state index is 14.3. The second kappa shape index (κ2) is 15.4. The van der Waals surface area contributed by atoms with Crippen molar-refractivity contribution in [2.45, 2.75) is 72.8 Å². The van der Waals surface area contributed by atoms with Gasteiger partial charge in [0.15, 0.2) is 5.76 Å². The molecule has 3 amide bonds. The van der Waals surface area contributed by atoms with Gasteiger partial charge in [-0.2, -0.15) is 0 Å². The number of benzene rings is 2. The number of para-hydroxylation sites is 1. The molecule has 2 aromatic carbocycles. The Balaban J connectivity index is 0.000000241. The van der Waals surface area contributed by atoms with E-state index in [-0.39, 0.29) is 46.8 Å². The summed E-state index contributed by atoms with van der Waals surface area (Å²) in [6.45, 7) is 10.1. The highest BCUT2D eigenvalue weighted by Crippen LogP contribution is 2.37. The molecule has 0 bridgehead atoms. The minimum atomic E-state index is -0.941. The fraction of sp³-hybridized carbons (Fsp3) is 0.452. The lowest BCUT2D eigenvalue weighted by molar-refractivity contribution is -0.117. The van der Waals surface area contributed by atoms with E-state index in [2.05, 4.69) is 6.92 Å². The summed E-state index contributed by atoms with van der Waals surface area (Å²) in [6.07, 6.45) is 3.87. The first-order valence-electron chi connectivity index (χ1n) is 14.0. The van der Waals surface area contributed by atoms with Crippen molar-refractivity contribution in [2.75, 3.05) is 29.0 Å². The van der Waals surface area contributed by atoms with Crippen LogP contribution in [0.4, 0.5) is 20.6 Å². The highest BCUT2D eigenvalue weighted by atomic mass is 35.5. The summed E-state index contributed by atoms with van der Waals surface area (Å²) in [7, 11) is 0. The quantitative estimate of drug-likeness (QED) is 0.162. The van der Waals surface area contributed by atoms with Crippen LogP contribution in [0.15, 0.2) is 41.7 Å². The Morgan fingerprint density at radius 1 is 1.17 bits per heavy atom. The second-order valence-electron chi connectivity index (χ2n) is 10.1. The van der Waals surface area contributed by atoms with Gasteiger partial charge in [0.05, 0.1) is 22.5 Å². The number of alkyl halides is 1. The lowest BCUT2D eigenvalue weighted by atomic mass is 10.0. The number of carbonyl (C=O) groups excluding carboxylic acids is 3. The van der Waals surface area contributed by atoms with Gasteiger partial charge in [-0.25, -0.2) is 14.1 Å². The van der Waals surface area contributed by atoms with Crippen LogP contribution in [0, 0.1) is 12.7 Å². The van der Waals surface area contributed by atoms with Gasteiger partial charge in [0.25, 0.3) is 0 Å². The van der Waals surface area contributed by atoms with Crippen LogP contribution in [0.1, 0.15) is 64.5 Å². The number of carbonyl (C=O) groups is 3. The predicted molar refractivity (Wildman–Crippen MR) is 162 cm³/mol. The highest BCUT2D eigenvalue weighted by Gasteiger charge is 2.40. The predicted octanol–water partition coefficient (Wildman–Crippen LogP) is 7.70. The third-order valence-electron chi connectivity index (χ3n) is 6.87. The standard InChI is InChI=1S/C17H17ClFNO4.C14H20ClNO2/c1-9(2)15-16(21)20(17(22)24-15)13-8-14(11(18)7-12(13)19)23-10-5-3-4-6-10;1-4-12-8-6-7-11(3)14(12)16(10-18-5-2)13(17)9-15/h7-8,10H,3-6H2,1-2H3;6-8H,4-5,9-10H2,1-3H3. The molecular weight excluding hydrogens is 586 g/mol. The Bertz CT molecular complexity index is 1340. The first-order valence-corrected chi connectivity index (χ1v) is 14.9. The summed E-state index contributed by atoms with van der Waals surface area (Å²) in [5.74, 6) is -1.50. The van der Waals surface area contributed by atoms with Crippen molar-refractivity contribution in [1.29, 1.82) is 0 Å². The van der Waals surface area contributed by atoms with Crippen LogP contribution in [0.25, 0.3) is 0 Å². The Morgan fingerprint density at radius 3 is 2.43 bits per heavy atom. The summed E-state index contributed by atoms with van der Waals surface area (Å²) in [5.41, 5.74) is 3.44. The molecule has 0 spiro atoms. The number of rotatable bonds is 9. The summed E-state index contributed by atoms with van der Waals surface area (Å²) in [4.78, 5) is 38.6. The summed E-state index contributed by atoms with van der Waals surface area (Å²) >= 11 is 11.7. The van der Waals surface area contributed by atoms with E-state index < -0.39 is 17.8 Å². The van der Waals surface area contributed by atoms with E-state index >= 15 is 0 Å². The van der Waals surface area contributed by atoms with Crippen LogP contribution >= 0.6 is 23.2 Å². The first kappa shape index (κ1) is 33.4. The fourth-order valence-electron chi connectivity index (χ4n) is 4.76. The zero-order chi connectivity index (χ0) is 31.0. The monoisotopic (exact) mass is 622 g/mol. The number of cyclic esters (lactones) is 1. The Morgan fingerprint density at radius 2 is 1.86 bits per heavy atom. The lowest BCUT2D eigenvalue weighted by Gasteiger charge is -2.25. The largest absolute Gasteiger partial charge is 0.489 e. The highest BCUT2D eigenvalue weighted by molar-refractivity contribution is 6.32. The molecule has 1 saturated heterocycles. The first-order chi connectivity index (χ1) is 20.0. The van der Waals surface area contributed by atoms with Gasteiger partial charge in [-0.1, -0.05) is 36.7 Å². The van der Waals surface area contributed by atoms with Gasteiger partial charge in [0, 0.05) is 12.7 Å². The normalized spacial score (nSPS) is 15.0. The number of hydrogen-bond acceptors (Lipinski definition) is 6. The minimum Gasteiger partial charge on any atom is -0.489 e. The molecule has 0 aromatic heterocycles. The summed E-state index contributed by atoms with van der Waals surface area (Å²) in [6, 6.07) is 8.35. The topological polar surface area (TPSA) is 85.4 Å². The van der Waals surface area contributed by atoms with Gasteiger partial charge in [0.1, 0.15) is 24.2 Å². The Kier molecular flexibility index (Phi) is 12.2. The Hall–Kier alpha value is -3.14. The zero-order valence-corrected chi connectivity index (χ0v) is 26.1. The van der Waals surface area contributed by atoms with Gasteiger partial charge in [0.2, 0.25) is 5.91 Å². The number of allylic oxidation sites excluding steroid dienone is 1. The molecule has 8 nitrogen and oxygen atoms in total. The van der Waals surface area contributed by atoms with Crippen LogP contribution in [0.3, 0.4) is 0 Å². The van der Waals surface area contributed by atoms with Gasteiger partial charge in [-0.05, 0) is 82.6 Å². The van der Waals surface area contributed by atoms with Gasteiger partial charge in [-0.3, -0.25) is 14.5 Å². The molecule has 1 aliphatic heterocycles. The second-order valence-corrected chi connectivity index (χ2v) is 10.8. The SMILES string of the molecule is CC(C)=C1OC(=O)N(c2cc(OC3CCCC3)c(Cl)cc2F)C1=O.CCOCN(C(=O)CCl)c1c(C)cccc1CC.